The molecule has 0 saturated heterocycles. The second-order valence-electron chi connectivity index (χ2n) is 32.8. The molecule has 4 nitrogen and oxygen atoms in total. The van der Waals surface area contributed by atoms with E-state index >= 15 is 0 Å². The predicted octanol–water partition coefficient (Wildman–Crippen LogP) is 33.8. The molecule has 0 bridgehead atoms. The van der Waals surface area contributed by atoms with Crippen LogP contribution in [0.5, 0.6) is 0 Å². The Balaban J connectivity index is 0.548. The van der Waals surface area contributed by atoms with Crippen LogP contribution < -0.4 is 9.80 Å². The standard InChI is InChI=1S/C122H82N4/c1-6-24-83(25-7-1)96-36-22-41-112(78-96)123(109-64-56-89(57-65-109)101-60-70-120-117(81-101)115-42-18-19-45-119(115)125(120)106-37-12-4-13-38-106)108-62-52-87(53-63-108)93-33-21-35-95(73-93)98-48-49-100-76-103(51-50-99(100)75-98)114-43-23-44-116-118-82-102(61-71-121(118)126(122(114)116)107-39-14-5-15-40-107)90-58-68-111(69-59-90)124(113-79-104(84-26-8-2-9-27-84)77-105(80-113)85-28-10-3-11-29-85)110-66-54-88(55-67-110)92-32-20-34-94(72-92)97-47-46-86-30-16-17-31-91(86)74-97/h1-82H. The largest absolute Gasteiger partial charge is 0.310 e. The van der Waals surface area contributed by atoms with E-state index in [9.17, 15) is 0 Å². The number of fused-ring (bicyclic) bond motifs is 8. The van der Waals surface area contributed by atoms with Crippen LogP contribution in [0.25, 0.3) is 188 Å². The molecule has 23 rings (SSSR count). The maximum absolute atomic E-state index is 2.47. The third kappa shape index (κ3) is 14.0. The fourth-order valence-electron chi connectivity index (χ4n) is 18.9. The average Bonchev–Trinajstić information content (AvgIpc) is 1.57. The fraction of sp³-hybridized carbons (Fsp3) is 0. The minimum Gasteiger partial charge on any atom is -0.310 e. The van der Waals surface area contributed by atoms with E-state index < -0.39 is 0 Å². The topological polar surface area (TPSA) is 16.3 Å². The van der Waals surface area contributed by atoms with Crippen molar-refractivity contribution in [2.24, 2.45) is 0 Å². The molecule has 0 spiro atoms. The van der Waals surface area contributed by atoms with Crippen LogP contribution in [0.1, 0.15) is 0 Å². The minimum absolute atomic E-state index is 1.05. The molecular formula is C122H82N4. The van der Waals surface area contributed by atoms with Gasteiger partial charge in [-0.3, -0.25) is 0 Å². The van der Waals surface area contributed by atoms with Crippen molar-refractivity contribution in [3.63, 3.8) is 0 Å². The molecular weight excluding hydrogens is 1520 g/mol. The summed E-state index contributed by atoms with van der Waals surface area (Å²) >= 11 is 0. The average molecular weight is 1600 g/mol. The highest BCUT2D eigenvalue weighted by Gasteiger charge is 2.23. The third-order valence-electron chi connectivity index (χ3n) is 25.2. The van der Waals surface area contributed by atoms with Gasteiger partial charge in [0.05, 0.1) is 22.1 Å². The van der Waals surface area contributed by atoms with Gasteiger partial charge in [0, 0.05) is 72.6 Å². The zero-order valence-corrected chi connectivity index (χ0v) is 69.1. The van der Waals surface area contributed by atoms with Crippen molar-refractivity contribution in [3.8, 4) is 123 Å². The van der Waals surface area contributed by atoms with Crippen LogP contribution in [-0.4, -0.2) is 9.13 Å². The van der Waals surface area contributed by atoms with Crippen molar-refractivity contribution in [1.29, 1.82) is 0 Å². The summed E-state index contributed by atoms with van der Waals surface area (Å²) in [6.45, 7) is 0. The molecule has 2 aromatic heterocycles. The summed E-state index contributed by atoms with van der Waals surface area (Å²) in [6, 6.07) is 183. The van der Waals surface area contributed by atoms with Crippen LogP contribution >= 0.6 is 0 Å². The van der Waals surface area contributed by atoms with Crippen molar-refractivity contribution in [2.45, 2.75) is 0 Å². The van der Waals surface area contributed by atoms with E-state index in [1.54, 1.807) is 0 Å². The second-order valence-corrected chi connectivity index (χ2v) is 32.8. The van der Waals surface area contributed by atoms with Gasteiger partial charge in [-0.15, -0.1) is 0 Å². The Morgan fingerprint density at radius 1 is 0.135 bits per heavy atom. The van der Waals surface area contributed by atoms with Gasteiger partial charge in [-0.1, -0.05) is 334 Å². The Hall–Kier alpha value is -16.7. The third-order valence-corrected chi connectivity index (χ3v) is 25.2. The van der Waals surface area contributed by atoms with Crippen molar-refractivity contribution in [3.05, 3.63) is 497 Å². The summed E-state index contributed by atoms with van der Waals surface area (Å²) in [6.07, 6.45) is 0. The van der Waals surface area contributed by atoms with Gasteiger partial charge in [-0.2, -0.15) is 0 Å². The summed E-state index contributed by atoms with van der Waals surface area (Å²) in [7, 11) is 0. The monoisotopic (exact) mass is 1600 g/mol. The second kappa shape index (κ2) is 32.1. The maximum atomic E-state index is 2.47. The molecule has 0 aliphatic heterocycles. The Morgan fingerprint density at radius 3 is 0.944 bits per heavy atom. The molecule has 23 aromatic rings. The van der Waals surface area contributed by atoms with Crippen LogP contribution in [0, 0.1) is 0 Å². The van der Waals surface area contributed by atoms with Gasteiger partial charge in [0.2, 0.25) is 0 Å². The smallest absolute Gasteiger partial charge is 0.0619 e. The highest BCUT2D eigenvalue weighted by Crippen LogP contribution is 2.47. The molecule has 21 aromatic carbocycles. The Morgan fingerprint density at radius 2 is 0.429 bits per heavy atom. The quantitative estimate of drug-likeness (QED) is 0.0851. The van der Waals surface area contributed by atoms with E-state index in [2.05, 4.69) is 516 Å². The first kappa shape index (κ1) is 74.4. The highest BCUT2D eigenvalue weighted by molar-refractivity contribution is 6.16. The van der Waals surface area contributed by atoms with E-state index in [1.165, 1.54) is 98.6 Å². The first-order valence-corrected chi connectivity index (χ1v) is 43.3. The molecule has 4 heteroatoms. The SMILES string of the molecule is c1ccc(-c2cccc(N(c3ccc(-c4cccc(-c5ccc6cc(-c7cccc8c9cc(-c%10ccc(N(c%11ccc(-c%12cccc(-c%13ccc%14ccccc%14c%13)c%12)cc%11)c%11cc(-c%12ccccc%12)cc(-c%12ccccc%12)c%11)cc%10)ccc9n(-c9ccccc9)c78)ccc6c5)c4)cc3)c3ccc(-c4ccc5c(c4)c4ccccc4n5-c4ccccc4)cc3)c2)cc1. The molecule has 0 saturated carbocycles. The number of nitrogens with zero attached hydrogens (tertiary/aromatic N) is 4. The van der Waals surface area contributed by atoms with Gasteiger partial charge < -0.3 is 18.9 Å². The predicted molar refractivity (Wildman–Crippen MR) is 534 cm³/mol. The van der Waals surface area contributed by atoms with E-state index in [0.717, 1.165) is 123 Å². The van der Waals surface area contributed by atoms with Crippen LogP contribution in [0.15, 0.2) is 497 Å². The summed E-state index contributed by atoms with van der Waals surface area (Å²) in [5, 5.41) is 9.71. The van der Waals surface area contributed by atoms with Crippen molar-refractivity contribution >= 4 is 99.3 Å². The number of benzene rings is 21. The molecule has 0 atom stereocenters. The van der Waals surface area contributed by atoms with E-state index in [1.807, 2.05) is 0 Å². The van der Waals surface area contributed by atoms with Crippen molar-refractivity contribution in [1.82, 2.24) is 9.13 Å². The molecule has 0 amide bonds. The van der Waals surface area contributed by atoms with Gasteiger partial charge in [-0.05, 0) is 291 Å². The highest BCUT2D eigenvalue weighted by atomic mass is 15.1. The maximum Gasteiger partial charge on any atom is 0.0619 e. The van der Waals surface area contributed by atoms with Crippen molar-refractivity contribution in [2.75, 3.05) is 9.80 Å². The number of hydrogen-bond acceptors (Lipinski definition) is 2. The van der Waals surface area contributed by atoms with Gasteiger partial charge in [0.1, 0.15) is 0 Å². The number of para-hydroxylation sites is 4. The fourth-order valence-corrected chi connectivity index (χ4v) is 18.9. The molecule has 0 N–H and O–H groups in total. The van der Waals surface area contributed by atoms with Crippen LogP contribution in [0.2, 0.25) is 0 Å². The first-order valence-electron chi connectivity index (χ1n) is 43.3. The lowest BCUT2D eigenvalue weighted by atomic mass is 9.95. The molecule has 0 radical (unpaired) electrons. The number of anilines is 6. The lowest BCUT2D eigenvalue weighted by Crippen LogP contribution is -2.10. The van der Waals surface area contributed by atoms with Crippen LogP contribution in [0.3, 0.4) is 0 Å². The van der Waals surface area contributed by atoms with Gasteiger partial charge in [0.15, 0.2) is 0 Å². The molecule has 0 aliphatic carbocycles. The van der Waals surface area contributed by atoms with E-state index in [-0.39, 0.29) is 0 Å². The first-order chi connectivity index (χ1) is 62.4. The Kier molecular flexibility index (Phi) is 18.9. The lowest BCUT2D eigenvalue weighted by Gasteiger charge is -2.27. The molecule has 126 heavy (non-hydrogen) atoms. The zero-order chi connectivity index (χ0) is 83.4. The van der Waals surface area contributed by atoms with E-state index in [4.69, 9.17) is 0 Å². The zero-order valence-electron chi connectivity index (χ0n) is 69.1. The Bertz CT molecular complexity index is 7960. The van der Waals surface area contributed by atoms with Gasteiger partial charge in [0.25, 0.3) is 0 Å². The van der Waals surface area contributed by atoms with Crippen LogP contribution in [0.4, 0.5) is 34.1 Å². The number of aromatic nitrogens is 2. The molecule has 590 valence electrons. The summed E-state index contributed by atoms with van der Waals surface area (Å²) in [5.74, 6) is 0. The summed E-state index contributed by atoms with van der Waals surface area (Å²) in [4.78, 5) is 4.79. The molecule has 0 aliphatic rings. The van der Waals surface area contributed by atoms with Gasteiger partial charge >= 0.3 is 0 Å². The Labute approximate surface area is 733 Å². The normalized spacial score (nSPS) is 11.5. The van der Waals surface area contributed by atoms with Crippen LogP contribution in [-0.2, 0) is 0 Å². The number of rotatable bonds is 18. The lowest BCUT2D eigenvalue weighted by molar-refractivity contribution is 1.18. The van der Waals surface area contributed by atoms with Gasteiger partial charge in [-0.25, -0.2) is 0 Å². The minimum atomic E-state index is 1.05. The molecule has 2 heterocycles. The molecule has 0 fully saturated rings. The summed E-state index contributed by atoms with van der Waals surface area (Å²) in [5.41, 5.74) is 36.7. The summed E-state index contributed by atoms with van der Waals surface area (Å²) < 4.78 is 4.84. The number of hydrogen-bond donors (Lipinski definition) is 0. The van der Waals surface area contributed by atoms with Crippen molar-refractivity contribution < 1.29 is 0 Å². The van der Waals surface area contributed by atoms with E-state index in [0.29, 0.717) is 0 Å². The molecule has 0 unspecified atom stereocenters.